The SMILES string of the molecule is Cl.O=C(Nc1cc(-c2ccccc2)ccc1C(=O)O)c1cc(OCCN2CCC(O)CC2)ccc1O. The first-order valence-corrected chi connectivity index (χ1v) is 11.5. The number of halogens is 1. The number of piperidine rings is 1. The predicted octanol–water partition coefficient (Wildman–Crippen LogP) is 4.27. The molecule has 3 aromatic carbocycles. The molecule has 1 aliphatic heterocycles. The highest BCUT2D eigenvalue weighted by Crippen LogP contribution is 2.28. The summed E-state index contributed by atoms with van der Waals surface area (Å²) in [5.74, 6) is -1.64. The van der Waals surface area contributed by atoms with Gasteiger partial charge in [-0.3, -0.25) is 9.69 Å². The Hall–Kier alpha value is -3.59. The van der Waals surface area contributed by atoms with Crippen LogP contribution in [0.3, 0.4) is 0 Å². The number of amides is 1. The maximum absolute atomic E-state index is 13.0. The Balaban J connectivity index is 0.00000361. The quantitative estimate of drug-likeness (QED) is 0.356. The smallest absolute Gasteiger partial charge is 0.337 e. The third-order valence-electron chi connectivity index (χ3n) is 6.05. The highest BCUT2D eigenvalue weighted by molar-refractivity contribution is 6.09. The van der Waals surface area contributed by atoms with E-state index in [1.54, 1.807) is 18.2 Å². The Morgan fingerprint density at radius 2 is 1.67 bits per heavy atom. The molecule has 0 bridgehead atoms. The van der Waals surface area contributed by atoms with E-state index in [4.69, 9.17) is 4.74 Å². The number of aliphatic hydroxyl groups excluding tert-OH is 1. The first kappa shape index (κ1) is 27.0. The second-order valence-corrected chi connectivity index (χ2v) is 8.49. The number of aliphatic hydroxyl groups is 1. The Labute approximate surface area is 215 Å². The van der Waals surface area contributed by atoms with Crippen LogP contribution < -0.4 is 10.1 Å². The minimum Gasteiger partial charge on any atom is -0.507 e. The minimum atomic E-state index is -1.17. The van der Waals surface area contributed by atoms with Crippen LogP contribution in [-0.2, 0) is 0 Å². The number of carboxylic acids is 1. The van der Waals surface area contributed by atoms with Crippen LogP contribution in [0.4, 0.5) is 5.69 Å². The van der Waals surface area contributed by atoms with E-state index >= 15 is 0 Å². The number of nitrogens with one attached hydrogen (secondary N) is 1. The number of carboxylic acid groups (broad SMARTS) is 1. The molecule has 1 aliphatic rings. The van der Waals surface area contributed by atoms with Crippen molar-refractivity contribution in [2.24, 2.45) is 0 Å². The van der Waals surface area contributed by atoms with E-state index in [0.29, 0.717) is 18.9 Å². The Kier molecular flexibility index (Phi) is 9.30. The fraction of sp³-hybridized carbons (Fsp3) is 0.259. The van der Waals surface area contributed by atoms with E-state index in [1.807, 2.05) is 30.3 Å². The van der Waals surface area contributed by atoms with Gasteiger partial charge in [0.2, 0.25) is 0 Å². The normalized spacial score (nSPS) is 14.0. The molecule has 9 heteroatoms. The number of carbonyl (C=O) groups excluding carboxylic acids is 1. The van der Waals surface area contributed by atoms with Gasteiger partial charge in [-0.1, -0.05) is 36.4 Å². The van der Waals surface area contributed by atoms with Gasteiger partial charge in [0.1, 0.15) is 18.1 Å². The number of likely N-dealkylation sites (tertiary alicyclic amines) is 1. The topological polar surface area (TPSA) is 119 Å². The summed E-state index contributed by atoms with van der Waals surface area (Å²) in [7, 11) is 0. The number of aromatic hydroxyl groups is 1. The summed E-state index contributed by atoms with van der Waals surface area (Å²) in [6.45, 7) is 2.69. The van der Waals surface area contributed by atoms with Gasteiger partial charge in [0.15, 0.2) is 0 Å². The molecule has 0 aliphatic carbocycles. The number of anilines is 1. The van der Waals surface area contributed by atoms with Crippen LogP contribution in [0.5, 0.6) is 11.5 Å². The average molecular weight is 513 g/mol. The van der Waals surface area contributed by atoms with E-state index in [1.165, 1.54) is 18.2 Å². The predicted molar refractivity (Wildman–Crippen MR) is 139 cm³/mol. The van der Waals surface area contributed by atoms with Crippen LogP contribution in [0.1, 0.15) is 33.6 Å². The lowest BCUT2D eigenvalue weighted by molar-refractivity contribution is 0.0697. The summed E-state index contributed by atoms with van der Waals surface area (Å²) < 4.78 is 5.78. The van der Waals surface area contributed by atoms with E-state index in [2.05, 4.69) is 10.2 Å². The van der Waals surface area contributed by atoms with Crippen LogP contribution in [0.2, 0.25) is 0 Å². The van der Waals surface area contributed by atoms with Crippen molar-refractivity contribution in [1.82, 2.24) is 4.90 Å². The number of aromatic carboxylic acids is 1. The van der Waals surface area contributed by atoms with Gasteiger partial charge in [-0.05, 0) is 54.3 Å². The van der Waals surface area contributed by atoms with Crippen molar-refractivity contribution in [1.29, 1.82) is 0 Å². The molecule has 1 fully saturated rings. The molecule has 0 spiro atoms. The summed E-state index contributed by atoms with van der Waals surface area (Å²) in [6.07, 6.45) is 1.25. The van der Waals surface area contributed by atoms with Crippen LogP contribution in [0.15, 0.2) is 66.7 Å². The highest BCUT2D eigenvalue weighted by Gasteiger charge is 2.19. The summed E-state index contributed by atoms with van der Waals surface area (Å²) in [5.41, 5.74) is 1.67. The van der Waals surface area contributed by atoms with Crippen LogP contribution in [0, 0.1) is 0 Å². The third-order valence-corrected chi connectivity index (χ3v) is 6.05. The number of rotatable bonds is 8. The second-order valence-electron chi connectivity index (χ2n) is 8.49. The number of nitrogens with zero attached hydrogens (tertiary/aromatic N) is 1. The monoisotopic (exact) mass is 512 g/mol. The molecule has 190 valence electrons. The first-order chi connectivity index (χ1) is 16.9. The lowest BCUT2D eigenvalue weighted by Crippen LogP contribution is -2.38. The summed E-state index contributed by atoms with van der Waals surface area (Å²) in [5, 5.41) is 32.1. The maximum atomic E-state index is 13.0. The molecule has 4 N–H and O–H groups in total. The molecule has 8 nitrogen and oxygen atoms in total. The van der Waals surface area contributed by atoms with Crippen molar-refractivity contribution < 1.29 is 29.6 Å². The summed E-state index contributed by atoms with van der Waals surface area (Å²) in [4.78, 5) is 26.9. The van der Waals surface area contributed by atoms with Gasteiger partial charge in [-0.2, -0.15) is 0 Å². The standard InChI is InChI=1S/C27H28N2O6.ClH/c30-20-10-12-29(13-11-20)14-15-35-21-7-9-25(31)23(17-21)26(32)28-24-16-19(6-8-22(24)27(33)34)18-4-2-1-3-5-18;/h1-9,16-17,20,30-31H,10-15H2,(H,28,32)(H,33,34);1H. The van der Waals surface area contributed by atoms with Crippen molar-refractivity contribution >= 4 is 30.0 Å². The van der Waals surface area contributed by atoms with Gasteiger partial charge in [0, 0.05) is 19.6 Å². The van der Waals surface area contributed by atoms with E-state index in [0.717, 1.165) is 37.1 Å². The van der Waals surface area contributed by atoms with Crippen LogP contribution in [0.25, 0.3) is 11.1 Å². The molecular weight excluding hydrogens is 484 g/mol. The molecule has 0 radical (unpaired) electrons. The van der Waals surface area contributed by atoms with E-state index in [-0.39, 0.29) is 41.1 Å². The zero-order chi connectivity index (χ0) is 24.8. The largest absolute Gasteiger partial charge is 0.507 e. The molecule has 0 unspecified atom stereocenters. The highest BCUT2D eigenvalue weighted by atomic mass is 35.5. The number of hydrogen-bond donors (Lipinski definition) is 4. The van der Waals surface area contributed by atoms with Gasteiger partial charge in [-0.15, -0.1) is 12.4 Å². The van der Waals surface area contributed by atoms with Crippen molar-refractivity contribution in [2.45, 2.75) is 18.9 Å². The van der Waals surface area contributed by atoms with Gasteiger partial charge in [0.05, 0.1) is 22.9 Å². The van der Waals surface area contributed by atoms with E-state index < -0.39 is 11.9 Å². The number of phenols is 1. The summed E-state index contributed by atoms with van der Waals surface area (Å²) in [6, 6.07) is 18.5. The number of hydrogen-bond acceptors (Lipinski definition) is 6. The molecule has 0 saturated carbocycles. The minimum absolute atomic E-state index is 0. The molecule has 1 saturated heterocycles. The van der Waals surface area contributed by atoms with Gasteiger partial charge < -0.3 is 25.4 Å². The molecule has 0 aromatic heterocycles. The molecule has 4 rings (SSSR count). The molecule has 1 heterocycles. The van der Waals surface area contributed by atoms with Crippen LogP contribution in [-0.4, -0.2) is 64.4 Å². The number of benzene rings is 3. The first-order valence-electron chi connectivity index (χ1n) is 11.5. The van der Waals surface area contributed by atoms with Crippen LogP contribution >= 0.6 is 12.4 Å². The second kappa shape index (κ2) is 12.4. The Bertz CT molecular complexity index is 1200. The van der Waals surface area contributed by atoms with Gasteiger partial charge in [-0.25, -0.2) is 4.79 Å². The average Bonchev–Trinajstić information content (AvgIpc) is 2.86. The van der Waals surface area contributed by atoms with Crippen molar-refractivity contribution in [3.63, 3.8) is 0 Å². The van der Waals surface area contributed by atoms with Crippen molar-refractivity contribution in [2.75, 3.05) is 31.6 Å². The third kappa shape index (κ3) is 6.75. The number of carbonyl (C=O) groups is 2. The molecular formula is C27H29ClN2O6. The number of phenolic OH excluding ortho intramolecular Hbond substituents is 1. The fourth-order valence-electron chi connectivity index (χ4n) is 4.06. The fourth-order valence-corrected chi connectivity index (χ4v) is 4.06. The van der Waals surface area contributed by atoms with Crippen molar-refractivity contribution in [3.05, 3.63) is 77.9 Å². The molecule has 0 atom stereocenters. The molecule has 36 heavy (non-hydrogen) atoms. The van der Waals surface area contributed by atoms with E-state index in [9.17, 15) is 24.9 Å². The van der Waals surface area contributed by atoms with Crippen molar-refractivity contribution in [3.8, 4) is 22.6 Å². The number of ether oxygens (including phenoxy) is 1. The zero-order valence-electron chi connectivity index (χ0n) is 19.6. The molecule has 3 aromatic rings. The Morgan fingerprint density at radius 3 is 2.36 bits per heavy atom. The summed E-state index contributed by atoms with van der Waals surface area (Å²) >= 11 is 0. The zero-order valence-corrected chi connectivity index (χ0v) is 20.4. The Morgan fingerprint density at radius 1 is 0.944 bits per heavy atom. The molecule has 1 amide bonds. The van der Waals surface area contributed by atoms with Gasteiger partial charge in [0.25, 0.3) is 5.91 Å². The lowest BCUT2D eigenvalue weighted by Gasteiger charge is -2.29. The maximum Gasteiger partial charge on any atom is 0.337 e. The van der Waals surface area contributed by atoms with Gasteiger partial charge >= 0.3 is 5.97 Å². The lowest BCUT2D eigenvalue weighted by atomic mass is 10.0.